The zero-order chi connectivity index (χ0) is 23.2. The molecule has 1 heterocycles. The van der Waals surface area contributed by atoms with Crippen molar-refractivity contribution in [3.63, 3.8) is 0 Å². The van der Waals surface area contributed by atoms with Gasteiger partial charge < -0.3 is 18.9 Å². The molecule has 0 N–H and O–H groups in total. The molecule has 1 aliphatic heterocycles. The van der Waals surface area contributed by atoms with E-state index in [2.05, 4.69) is 13.2 Å². The summed E-state index contributed by atoms with van der Waals surface area (Å²) in [5, 5.41) is 0. The lowest BCUT2D eigenvalue weighted by Gasteiger charge is -2.52. The van der Waals surface area contributed by atoms with Crippen molar-refractivity contribution < 1.29 is 38.1 Å². The van der Waals surface area contributed by atoms with E-state index < -0.39 is 59.6 Å². The topological polar surface area (TPSA) is 105 Å². The number of ether oxygens (including phenoxy) is 4. The van der Waals surface area contributed by atoms with E-state index in [1.807, 2.05) is 6.92 Å². The zero-order valence-corrected chi connectivity index (χ0v) is 18.5. The van der Waals surface area contributed by atoms with E-state index in [9.17, 15) is 19.2 Å². The van der Waals surface area contributed by atoms with Gasteiger partial charge >= 0.3 is 23.9 Å². The monoisotopic (exact) mass is 432 g/mol. The summed E-state index contributed by atoms with van der Waals surface area (Å²) in [5.41, 5.74) is 0.962. The summed E-state index contributed by atoms with van der Waals surface area (Å²) in [6.07, 6.45) is -2.23. The van der Waals surface area contributed by atoms with Crippen LogP contribution in [0.2, 0.25) is 0 Å². The summed E-state index contributed by atoms with van der Waals surface area (Å²) in [4.78, 5) is 48.4. The molecule has 2 aliphatic carbocycles. The molecule has 0 aromatic carbocycles. The van der Waals surface area contributed by atoms with Crippen molar-refractivity contribution in [1.82, 2.24) is 0 Å². The highest BCUT2D eigenvalue weighted by atomic mass is 16.6. The van der Waals surface area contributed by atoms with Crippen LogP contribution in [0.15, 0.2) is 35.5 Å². The lowest BCUT2D eigenvalue weighted by Crippen LogP contribution is -2.56. The van der Waals surface area contributed by atoms with E-state index in [0.717, 1.165) is 0 Å². The van der Waals surface area contributed by atoms with E-state index in [1.54, 1.807) is 6.92 Å². The number of hydrogen-bond acceptors (Lipinski definition) is 8. The van der Waals surface area contributed by atoms with Crippen molar-refractivity contribution in [3.05, 3.63) is 35.5 Å². The standard InChI is InChI=1S/C23H28O8/c1-10(2)21(26)31-20-18-12(4)22(27)30-16(18)9-23(7)17(29-14(6)25)8-15(28-13(5)24)11(3)19(20)23/h15-18,20H,1,4,8-9H2,2-3,5-7H3/t15-,16+,17-,18-,20-,23+/m0/s1. The summed E-state index contributed by atoms with van der Waals surface area (Å²) >= 11 is 0. The maximum atomic E-state index is 12.5. The molecule has 0 aromatic heterocycles. The predicted molar refractivity (Wildman–Crippen MR) is 108 cm³/mol. The van der Waals surface area contributed by atoms with Gasteiger partial charge in [-0.3, -0.25) is 9.59 Å². The zero-order valence-electron chi connectivity index (χ0n) is 18.5. The van der Waals surface area contributed by atoms with Crippen molar-refractivity contribution in [1.29, 1.82) is 0 Å². The molecule has 3 aliphatic rings. The number of esters is 4. The fourth-order valence-electron chi connectivity index (χ4n) is 5.07. The van der Waals surface area contributed by atoms with Crippen molar-refractivity contribution in [2.75, 3.05) is 0 Å². The summed E-state index contributed by atoms with van der Waals surface area (Å²) < 4.78 is 22.5. The van der Waals surface area contributed by atoms with Crippen molar-refractivity contribution in [3.8, 4) is 0 Å². The van der Waals surface area contributed by atoms with Crippen LogP contribution in [-0.2, 0) is 38.1 Å². The van der Waals surface area contributed by atoms with Gasteiger partial charge in [-0.05, 0) is 31.4 Å². The van der Waals surface area contributed by atoms with Gasteiger partial charge in [-0.2, -0.15) is 0 Å². The van der Waals surface area contributed by atoms with E-state index >= 15 is 0 Å². The second kappa shape index (κ2) is 7.98. The number of fused-ring (bicyclic) bond motifs is 2. The first kappa shape index (κ1) is 22.8. The Labute approximate surface area is 181 Å². The number of carbonyl (C=O) groups excluding carboxylic acids is 4. The molecule has 8 nitrogen and oxygen atoms in total. The highest BCUT2D eigenvalue weighted by molar-refractivity contribution is 5.92. The Morgan fingerprint density at radius 1 is 1.10 bits per heavy atom. The Hall–Kier alpha value is -2.90. The third-order valence-corrected chi connectivity index (χ3v) is 6.42. The van der Waals surface area contributed by atoms with Crippen LogP contribution in [0.5, 0.6) is 0 Å². The first-order chi connectivity index (χ1) is 14.4. The van der Waals surface area contributed by atoms with Crippen LogP contribution in [0.4, 0.5) is 0 Å². The van der Waals surface area contributed by atoms with Crippen LogP contribution in [0.3, 0.4) is 0 Å². The summed E-state index contributed by atoms with van der Waals surface area (Å²) in [7, 11) is 0. The third-order valence-electron chi connectivity index (χ3n) is 6.42. The second-order valence-electron chi connectivity index (χ2n) is 8.75. The molecule has 0 amide bonds. The fourth-order valence-corrected chi connectivity index (χ4v) is 5.07. The Bertz CT molecular complexity index is 913. The SMILES string of the molecule is C=C(C)C(=O)O[C@@H]1C2=C(C)[C@@H](OC(C)=O)C[C@H](OC(C)=O)[C@@]2(C)C[C@H]2OC(=O)C(=C)[C@H]12. The lowest BCUT2D eigenvalue weighted by atomic mass is 9.57. The largest absolute Gasteiger partial charge is 0.461 e. The van der Waals surface area contributed by atoms with E-state index in [1.165, 1.54) is 20.8 Å². The molecule has 31 heavy (non-hydrogen) atoms. The minimum absolute atomic E-state index is 0.196. The molecule has 3 rings (SSSR count). The number of hydrogen-bond donors (Lipinski definition) is 0. The Kier molecular flexibility index (Phi) is 5.86. The smallest absolute Gasteiger partial charge is 0.334 e. The van der Waals surface area contributed by atoms with Gasteiger partial charge in [0, 0.05) is 36.8 Å². The maximum Gasteiger partial charge on any atom is 0.334 e. The predicted octanol–water partition coefficient (Wildman–Crippen LogP) is 2.57. The minimum atomic E-state index is -0.900. The van der Waals surface area contributed by atoms with Gasteiger partial charge in [-0.1, -0.05) is 20.1 Å². The Morgan fingerprint density at radius 3 is 2.26 bits per heavy atom. The fraction of sp³-hybridized carbons (Fsp3) is 0.565. The molecule has 1 saturated carbocycles. The first-order valence-corrected chi connectivity index (χ1v) is 10.2. The molecule has 0 radical (unpaired) electrons. The van der Waals surface area contributed by atoms with Crippen molar-refractivity contribution in [2.24, 2.45) is 11.3 Å². The van der Waals surface area contributed by atoms with Crippen LogP contribution in [0.25, 0.3) is 0 Å². The van der Waals surface area contributed by atoms with Gasteiger partial charge in [-0.25, -0.2) is 9.59 Å². The van der Waals surface area contributed by atoms with E-state index in [-0.39, 0.29) is 17.6 Å². The molecular weight excluding hydrogens is 404 g/mol. The van der Waals surface area contributed by atoms with Gasteiger partial charge in [-0.15, -0.1) is 0 Å². The van der Waals surface area contributed by atoms with Gasteiger partial charge in [0.25, 0.3) is 0 Å². The Balaban J connectivity index is 2.19. The molecule has 1 saturated heterocycles. The molecule has 8 heteroatoms. The molecule has 2 fully saturated rings. The van der Waals surface area contributed by atoms with E-state index in [0.29, 0.717) is 17.6 Å². The van der Waals surface area contributed by atoms with E-state index in [4.69, 9.17) is 18.9 Å². The van der Waals surface area contributed by atoms with Crippen LogP contribution >= 0.6 is 0 Å². The lowest BCUT2D eigenvalue weighted by molar-refractivity contribution is -0.170. The summed E-state index contributed by atoms with van der Waals surface area (Å²) in [5.74, 6) is -2.74. The molecule has 0 unspecified atom stereocenters. The van der Waals surface area contributed by atoms with Crippen molar-refractivity contribution in [2.45, 2.75) is 71.9 Å². The van der Waals surface area contributed by atoms with Crippen LogP contribution in [0.1, 0.15) is 47.5 Å². The third kappa shape index (κ3) is 3.91. The molecule has 6 atom stereocenters. The van der Waals surface area contributed by atoms with Crippen LogP contribution in [-0.4, -0.2) is 48.3 Å². The highest BCUT2D eigenvalue weighted by Gasteiger charge is 2.61. The molecule has 0 aromatic rings. The highest BCUT2D eigenvalue weighted by Crippen LogP contribution is 2.57. The maximum absolute atomic E-state index is 12.5. The average molecular weight is 432 g/mol. The second-order valence-corrected chi connectivity index (χ2v) is 8.75. The number of carbonyl (C=O) groups is 4. The molecule has 0 bridgehead atoms. The normalized spacial score (nSPS) is 34.3. The molecule has 168 valence electrons. The van der Waals surface area contributed by atoms with Gasteiger partial charge in [0.1, 0.15) is 24.4 Å². The van der Waals surface area contributed by atoms with Gasteiger partial charge in [0.15, 0.2) is 0 Å². The van der Waals surface area contributed by atoms with Gasteiger partial charge in [0.2, 0.25) is 0 Å². The summed E-state index contributed by atoms with van der Waals surface area (Å²) in [6, 6.07) is 0. The molecule has 0 spiro atoms. The number of rotatable bonds is 4. The average Bonchev–Trinajstić information content (AvgIpc) is 2.91. The van der Waals surface area contributed by atoms with Gasteiger partial charge in [0.05, 0.1) is 5.92 Å². The van der Waals surface area contributed by atoms with Crippen molar-refractivity contribution >= 4 is 23.9 Å². The minimum Gasteiger partial charge on any atom is -0.461 e. The van der Waals surface area contributed by atoms with Crippen LogP contribution < -0.4 is 0 Å². The first-order valence-electron chi connectivity index (χ1n) is 10.2. The quantitative estimate of drug-likeness (QED) is 0.289. The summed E-state index contributed by atoms with van der Waals surface area (Å²) in [6.45, 7) is 15.3. The van der Waals surface area contributed by atoms with Crippen LogP contribution in [0, 0.1) is 11.3 Å². The Morgan fingerprint density at radius 2 is 1.71 bits per heavy atom. The molecular formula is C23H28O8.